The summed E-state index contributed by atoms with van der Waals surface area (Å²) in [5.74, 6) is -0.0789. The van der Waals surface area contributed by atoms with Crippen molar-refractivity contribution in [1.29, 1.82) is 0 Å². The normalized spacial score (nSPS) is 10.4. The zero-order valence-corrected chi connectivity index (χ0v) is 11.4. The van der Waals surface area contributed by atoms with Crippen LogP contribution in [0.3, 0.4) is 0 Å². The molecule has 1 aromatic carbocycles. The molecular formula is C12H11Cl2N3O2. The van der Waals surface area contributed by atoms with E-state index in [0.717, 1.165) is 0 Å². The fourth-order valence-electron chi connectivity index (χ4n) is 1.46. The number of rotatable bonds is 4. The minimum absolute atomic E-state index is 0.00458. The molecule has 0 saturated carbocycles. The van der Waals surface area contributed by atoms with E-state index in [4.69, 9.17) is 33.7 Å². The number of anilines is 1. The van der Waals surface area contributed by atoms with Crippen LogP contribution in [-0.4, -0.2) is 15.7 Å². The lowest BCUT2D eigenvalue weighted by Crippen LogP contribution is -2.14. The Labute approximate surface area is 119 Å². The number of hydrogen-bond donors (Lipinski definition) is 1. The number of nitrogens with two attached hydrogens (primary N) is 1. The van der Waals surface area contributed by atoms with Gasteiger partial charge >= 0.3 is 5.97 Å². The SMILES string of the molecule is Nc1ccn(CC(=O)OCc2cc(Cl)ccc2Cl)n1. The van der Waals surface area contributed by atoms with E-state index < -0.39 is 5.97 Å². The third-order valence-electron chi connectivity index (χ3n) is 2.35. The van der Waals surface area contributed by atoms with Crippen LogP contribution in [0.5, 0.6) is 0 Å². The highest BCUT2D eigenvalue weighted by Gasteiger charge is 2.08. The van der Waals surface area contributed by atoms with Gasteiger partial charge in [-0.05, 0) is 24.3 Å². The first-order valence-corrected chi connectivity index (χ1v) is 6.18. The number of ether oxygens (including phenoxy) is 1. The Balaban J connectivity index is 1.91. The second-order valence-electron chi connectivity index (χ2n) is 3.83. The van der Waals surface area contributed by atoms with E-state index in [9.17, 15) is 4.79 Å². The van der Waals surface area contributed by atoms with Gasteiger partial charge in [-0.1, -0.05) is 23.2 Å². The Kier molecular flexibility index (Phi) is 4.29. The predicted octanol–water partition coefficient (Wildman–Crippen LogP) is 2.52. The Morgan fingerprint density at radius 1 is 1.37 bits per heavy atom. The van der Waals surface area contributed by atoms with Gasteiger partial charge in [0.1, 0.15) is 19.0 Å². The Morgan fingerprint density at radius 2 is 2.16 bits per heavy atom. The third-order valence-corrected chi connectivity index (χ3v) is 2.95. The summed E-state index contributed by atoms with van der Waals surface area (Å²) >= 11 is 11.8. The van der Waals surface area contributed by atoms with E-state index in [1.54, 1.807) is 30.5 Å². The number of halogens is 2. The Bertz CT molecular complexity index is 598. The van der Waals surface area contributed by atoms with E-state index in [1.807, 2.05) is 0 Å². The molecule has 19 heavy (non-hydrogen) atoms. The zero-order chi connectivity index (χ0) is 13.8. The summed E-state index contributed by atoms with van der Waals surface area (Å²) in [7, 11) is 0. The first-order chi connectivity index (χ1) is 9.04. The van der Waals surface area contributed by atoms with E-state index in [2.05, 4.69) is 5.10 Å². The van der Waals surface area contributed by atoms with E-state index in [-0.39, 0.29) is 13.2 Å². The molecule has 0 aliphatic carbocycles. The van der Waals surface area contributed by atoms with Crippen LogP contribution in [0.25, 0.3) is 0 Å². The number of esters is 1. The number of nitrogens with zero attached hydrogens (tertiary/aromatic N) is 2. The van der Waals surface area contributed by atoms with Gasteiger partial charge in [-0.2, -0.15) is 5.10 Å². The molecule has 2 N–H and O–H groups in total. The van der Waals surface area contributed by atoms with Crippen molar-refractivity contribution in [1.82, 2.24) is 9.78 Å². The molecule has 7 heteroatoms. The molecule has 2 rings (SSSR count). The van der Waals surface area contributed by atoms with Crippen molar-refractivity contribution in [3.63, 3.8) is 0 Å². The fourth-order valence-corrected chi connectivity index (χ4v) is 1.82. The smallest absolute Gasteiger partial charge is 0.328 e. The van der Waals surface area contributed by atoms with Crippen molar-refractivity contribution in [3.8, 4) is 0 Å². The van der Waals surface area contributed by atoms with Gasteiger partial charge < -0.3 is 10.5 Å². The van der Waals surface area contributed by atoms with Gasteiger partial charge in [-0.15, -0.1) is 0 Å². The molecule has 0 spiro atoms. The van der Waals surface area contributed by atoms with E-state index >= 15 is 0 Å². The van der Waals surface area contributed by atoms with Crippen molar-refractivity contribution in [2.45, 2.75) is 13.2 Å². The molecule has 0 unspecified atom stereocenters. The molecule has 0 fully saturated rings. The summed E-state index contributed by atoms with van der Waals surface area (Å²) in [4.78, 5) is 11.6. The molecular weight excluding hydrogens is 289 g/mol. The Morgan fingerprint density at radius 3 is 2.84 bits per heavy atom. The van der Waals surface area contributed by atoms with Crippen molar-refractivity contribution in [2.75, 3.05) is 5.73 Å². The second-order valence-corrected chi connectivity index (χ2v) is 4.68. The van der Waals surface area contributed by atoms with Crippen molar-refractivity contribution < 1.29 is 9.53 Å². The largest absolute Gasteiger partial charge is 0.459 e. The number of aromatic nitrogens is 2. The van der Waals surface area contributed by atoms with Crippen molar-refractivity contribution in [3.05, 3.63) is 46.1 Å². The third kappa shape index (κ3) is 3.87. The van der Waals surface area contributed by atoms with Crippen LogP contribution in [0.15, 0.2) is 30.5 Å². The highest BCUT2D eigenvalue weighted by Crippen LogP contribution is 2.21. The highest BCUT2D eigenvalue weighted by atomic mass is 35.5. The summed E-state index contributed by atoms with van der Waals surface area (Å²) in [5, 5.41) is 4.92. The molecule has 0 atom stereocenters. The summed E-state index contributed by atoms with van der Waals surface area (Å²) in [6, 6.07) is 6.58. The number of hydrogen-bond acceptors (Lipinski definition) is 4. The maximum Gasteiger partial charge on any atom is 0.328 e. The summed E-state index contributed by atoms with van der Waals surface area (Å²) in [6.45, 7) is 0.0599. The van der Waals surface area contributed by atoms with Gasteiger partial charge in [-0.25, -0.2) is 0 Å². The number of nitrogen functional groups attached to an aromatic ring is 1. The molecule has 100 valence electrons. The molecule has 1 heterocycles. The van der Waals surface area contributed by atoms with E-state index in [1.165, 1.54) is 4.68 Å². The van der Waals surface area contributed by atoms with E-state index in [0.29, 0.717) is 21.4 Å². The van der Waals surface area contributed by atoms with Crippen LogP contribution >= 0.6 is 23.2 Å². The number of benzene rings is 1. The lowest BCUT2D eigenvalue weighted by Gasteiger charge is -2.07. The lowest BCUT2D eigenvalue weighted by atomic mass is 10.2. The predicted molar refractivity (Wildman–Crippen MR) is 72.9 cm³/mol. The standard InChI is InChI=1S/C12H11Cl2N3O2/c13-9-1-2-10(14)8(5-9)7-19-12(18)6-17-4-3-11(15)16-17/h1-5H,6-7H2,(H2,15,16). The number of carbonyl (C=O) groups is 1. The molecule has 0 saturated heterocycles. The van der Waals surface area contributed by atoms with Crippen LogP contribution in [0.1, 0.15) is 5.56 Å². The molecule has 2 aromatic rings. The lowest BCUT2D eigenvalue weighted by molar-refractivity contribution is -0.145. The van der Waals surface area contributed by atoms with Crippen LogP contribution in [-0.2, 0) is 22.7 Å². The summed E-state index contributed by atoms with van der Waals surface area (Å²) in [5.41, 5.74) is 6.09. The first kappa shape index (κ1) is 13.7. The molecule has 5 nitrogen and oxygen atoms in total. The number of carbonyl (C=O) groups excluding carboxylic acids is 1. The van der Waals surface area contributed by atoms with Crippen LogP contribution in [0, 0.1) is 0 Å². The average Bonchev–Trinajstić information content (AvgIpc) is 2.76. The van der Waals surface area contributed by atoms with Crippen LogP contribution in [0.4, 0.5) is 5.82 Å². The summed E-state index contributed by atoms with van der Waals surface area (Å²) < 4.78 is 6.49. The van der Waals surface area contributed by atoms with Crippen LogP contribution in [0.2, 0.25) is 10.0 Å². The molecule has 0 radical (unpaired) electrons. The molecule has 0 amide bonds. The molecule has 0 bridgehead atoms. The minimum atomic E-state index is -0.431. The zero-order valence-electron chi connectivity index (χ0n) is 9.85. The average molecular weight is 300 g/mol. The summed E-state index contributed by atoms with van der Waals surface area (Å²) in [6.07, 6.45) is 1.60. The Hall–Kier alpha value is -1.72. The quantitative estimate of drug-likeness (QED) is 0.881. The fraction of sp³-hybridized carbons (Fsp3) is 0.167. The van der Waals surface area contributed by atoms with Crippen molar-refractivity contribution >= 4 is 35.0 Å². The van der Waals surface area contributed by atoms with Gasteiger partial charge in [0.05, 0.1) is 0 Å². The molecule has 0 aliphatic heterocycles. The van der Waals surface area contributed by atoms with Gasteiger partial charge in [0.2, 0.25) is 0 Å². The first-order valence-electron chi connectivity index (χ1n) is 5.43. The minimum Gasteiger partial charge on any atom is -0.459 e. The molecule has 0 aliphatic rings. The second kappa shape index (κ2) is 5.95. The van der Waals surface area contributed by atoms with Gasteiger partial charge in [0, 0.05) is 21.8 Å². The maximum absolute atomic E-state index is 11.6. The van der Waals surface area contributed by atoms with Gasteiger partial charge in [-0.3, -0.25) is 9.48 Å². The monoisotopic (exact) mass is 299 g/mol. The highest BCUT2D eigenvalue weighted by molar-refractivity contribution is 6.33. The van der Waals surface area contributed by atoms with Gasteiger partial charge in [0.25, 0.3) is 0 Å². The van der Waals surface area contributed by atoms with Crippen LogP contribution < -0.4 is 5.73 Å². The molecule has 1 aromatic heterocycles. The maximum atomic E-state index is 11.6. The van der Waals surface area contributed by atoms with Crippen molar-refractivity contribution in [2.24, 2.45) is 0 Å². The van der Waals surface area contributed by atoms with Gasteiger partial charge in [0.15, 0.2) is 0 Å². The topological polar surface area (TPSA) is 70.1 Å².